The molecule has 0 aromatic heterocycles. The molecule has 1 saturated heterocycles. The summed E-state index contributed by atoms with van der Waals surface area (Å²) < 4.78 is 11.5. The molecule has 120 valence electrons. The van der Waals surface area contributed by atoms with Gasteiger partial charge in [0.05, 0.1) is 13.3 Å². The number of oxime groups is 1. The van der Waals surface area contributed by atoms with Crippen LogP contribution in [0.2, 0.25) is 0 Å². The zero-order chi connectivity index (χ0) is 16.6. The number of methoxy groups -OCH3 is 1. The first-order chi connectivity index (χ1) is 11.1. The number of rotatable bonds is 4. The molecule has 0 spiro atoms. The first-order valence-electron chi connectivity index (χ1n) is 7.65. The second-order valence-electron chi connectivity index (χ2n) is 5.87. The summed E-state index contributed by atoms with van der Waals surface area (Å²) in [5.74, 6) is 0.822. The van der Waals surface area contributed by atoms with Crippen molar-refractivity contribution in [3.8, 4) is 5.75 Å². The van der Waals surface area contributed by atoms with Gasteiger partial charge in [-0.05, 0) is 43.0 Å². The molecule has 0 amide bonds. The largest absolute Gasteiger partial charge is 0.496 e. The Labute approximate surface area is 136 Å². The van der Waals surface area contributed by atoms with E-state index in [0.29, 0.717) is 0 Å². The van der Waals surface area contributed by atoms with Gasteiger partial charge in [-0.25, -0.2) is 0 Å². The van der Waals surface area contributed by atoms with Crippen molar-refractivity contribution in [2.24, 2.45) is 5.16 Å². The van der Waals surface area contributed by atoms with E-state index in [2.05, 4.69) is 24.2 Å². The Morgan fingerprint density at radius 3 is 2.35 bits per heavy atom. The maximum Gasteiger partial charge on any atom is 0.125 e. The van der Waals surface area contributed by atoms with Gasteiger partial charge >= 0.3 is 0 Å². The number of epoxide rings is 1. The van der Waals surface area contributed by atoms with Crippen molar-refractivity contribution in [2.75, 3.05) is 7.11 Å². The number of nitrogens with zero attached hydrogens (tertiary/aromatic N) is 1. The SMILES string of the molecule is COc1c(C)c(C=NO)c(C)c(C2OC2c2ccccc2)c1C. The highest BCUT2D eigenvalue weighted by Crippen LogP contribution is 2.54. The second kappa shape index (κ2) is 6.05. The fourth-order valence-corrected chi connectivity index (χ4v) is 3.45. The summed E-state index contributed by atoms with van der Waals surface area (Å²) in [6.45, 7) is 6.06. The lowest BCUT2D eigenvalue weighted by molar-refractivity contribution is 0.321. The molecule has 1 N–H and O–H groups in total. The highest BCUT2D eigenvalue weighted by atomic mass is 16.6. The summed E-state index contributed by atoms with van der Waals surface area (Å²) in [7, 11) is 1.66. The van der Waals surface area contributed by atoms with E-state index in [1.54, 1.807) is 7.11 Å². The van der Waals surface area contributed by atoms with E-state index in [1.165, 1.54) is 11.8 Å². The van der Waals surface area contributed by atoms with Crippen molar-refractivity contribution in [3.05, 3.63) is 63.7 Å². The van der Waals surface area contributed by atoms with E-state index >= 15 is 0 Å². The summed E-state index contributed by atoms with van der Waals surface area (Å²) in [4.78, 5) is 0. The van der Waals surface area contributed by atoms with Crippen LogP contribution in [0.15, 0.2) is 35.5 Å². The maximum atomic E-state index is 8.97. The van der Waals surface area contributed by atoms with Crippen LogP contribution < -0.4 is 4.74 Å². The predicted octanol–water partition coefficient (Wildman–Crippen LogP) is 4.24. The predicted molar refractivity (Wildman–Crippen MR) is 89.6 cm³/mol. The third-order valence-electron chi connectivity index (χ3n) is 4.59. The fourth-order valence-electron chi connectivity index (χ4n) is 3.45. The van der Waals surface area contributed by atoms with Crippen LogP contribution in [0, 0.1) is 20.8 Å². The average Bonchev–Trinajstić information content (AvgIpc) is 3.33. The van der Waals surface area contributed by atoms with E-state index < -0.39 is 0 Å². The molecule has 0 aliphatic carbocycles. The Balaban J connectivity index is 2.08. The third kappa shape index (κ3) is 2.59. The molecule has 4 nitrogen and oxygen atoms in total. The maximum absolute atomic E-state index is 8.97. The molecule has 2 unspecified atom stereocenters. The Bertz CT molecular complexity index is 753. The van der Waals surface area contributed by atoms with Crippen LogP contribution in [0.5, 0.6) is 5.75 Å². The molecule has 2 aromatic rings. The van der Waals surface area contributed by atoms with Crippen molar-refractivity contribution >= 4 is 6.21 Å². The monoisotopic (exact) mass is 311 g/mol. The number of ether oxygens (including phenoxy) is 2. The van der Waals surface area contributed by atoms with Crippen LogP contribution in [0.3, 0.4) is 0 Å². The molecule has 1 aliphatic heterocycles. The van der Waals surface area contributed by atoms with Crippen molar-refractivity contribution in [1.82, 2.24) is 0 Å². The standard InChI is InChI=1S/C19H21NO3/c1-11-15(10-20-21)12(2)17(22-4)13(3)16(11)19-18(23-19)14-8-6-5-7-9-14/h5-10,18-19,21H,1-4H3. The van der Waals surface area contributed by atoms with Gasteiger partial charge in [0.1, 0.15) is 18.0 Å². The Morgan fingerprint density at radius 1 is 1.04 bits per heavy atom. The smallest absolute Gasteiger partial charge is 0.125 e. The van der Waals surface area contributed by atoms with E-state index in [-0.39, 0.29) is 12.2 Å². The Morgan fingerprint density at radius 2 is 1.74 bits per heavy atom. The topological polar surface area (TPSA) is 54.4 Å². The van der Waals surface area contributed by atoms with Gasteiger partial charge in [0.25, 0.3) is 0 Å². The molecule has 1 fully saturated rings. The first kappa shape index (κ1) is 15.6. The van der Waals surface area contributed by atoms with Gasteiger partial charge in [-0.1, -0.05) is 35.5 Å². The van der Waals surface area contributed by atoms with Crippen LogP contribution in [0.1, 0.15) is 45.6 Å². The average molecular weight is 311 g/mol. The van der Waals surface area contributed by atoms with Gasteiger partial charge in [0.2, 0.25) is 0 Å². The molecule has 3 rings (SSSR count). The molecule has 4 heteroatoms. The van der Waals surface area contributed by atoms with Gasteiger partial charge in [-0.3, -0.25) is 0 Å². The van der Waals surface area contributed by atoms with Crippen LogP contribution in [-0.2, 0) is 4.74 Å². The van der Waals surface area contributed by atoms with E-state index in [0.717, 1.165) is 33.6 Å². The lowest BCUT2D eigenvalue weighted by Crippen LogP contribution is -2.05. The molecular weight excluding hydrogens is 290 g/mol. The highest BCUT2D eigenvalue weighted by molar-refractivity contribution is 5.86. The summed E-state index contributed by atoms with van der Waals surface area (Å²) >= 11 is 0. The van der Waals surface area contributed by atoms with Gasteiger partial charge in [-0.15, -0.1) is 0 Å². The summed E-state index contributed by atoms with van der Waals surface area (Å²) in [5.41, 5.74) is 6.31. The normalized spacial score (nSPS) is 20.0. The van der Waals surface area contributed by atoms with E-state index in [4.69, 9.17) is 14.7 Å². The lowest BCUT2D eigenvalue weighted by atomic mass is 9.89. The van der Waals surface area contributed by atoms with Crippen molar-refractivity contribution in [1.29, 1.82) is 0 Å². The molecule has 0 radical (unpaired) electrons. The zero-order valence-electron chi connectivity index (χ0n) is 13.8. The Kier molecular flexibility index (Phi) is 4.09. The molecule has 0 saturated carbocycles. The molecule has 2 atom stereocenters. The Hall–Kier alpha value is -2.33. The summed E-state index contributed by atoms with van der Waals surface area (Å²) in [6.07, 6.45) is 1.55. The van der Waals surface area contributed by atoms with Crippen LogP contribution in [0.4, 0.5) is 0 Å². The number of hydrogen-bond donors (Lipinski definition) is 1. The summed E-state index contributed by atoms with van der Waals surface area (Å²) in [6, 6.07) is 10.2. The van der Waals surface area contributed by atoms with Crippen LogP contribution in [-0.4, -0.2) is 18.5 Å². The third-order valence-corrected chi connectivity index (χ3v) is 4.59. The molecule has 23 heavy (non-hydrogen) atoms. The van der Waals surface area contributed by atoms with Gasteiger partial charge in [0.15, 0.2) is 0 Å². The highest BCUT2D eigenvalue weighted by Gasteiger charge is 2.44. The minimum absolute atomic E-state index is 0.0118. The van der Waals surface area contributed by atoms with E-state index in [1.807, 2.05) is 32.0 Å². The molecule has 0 bridgehead atoms. The quantitative estimate of drug-likeness (QED) is 0.398. The molecular formula is C19H21NO3. The minimum atomic E-state index is 0.0118. The van der Waals surface area contributed by atoms with Crippen molar-refractivity contribution in [3.63, 3.8) is 0 Å². The van der Waals surface area contributed by atoms with Gasteiger partial charge in [0, 0.05) is 11.1 Å². The zero-order valence-corrected chi connectivity index (χ0v) is 13.8. The van der Waals surface area contributed by atoms with Crippen LogP contribution >= 0.6 is 0 Å². The number of benzene rings is 2. The minimum Gasteiger partial charge on any atom is -0.496 e. The van der Waals surface area contributed by atoms with Gasteiger partial charge < -0.3 is 14.7 Å². The number of hydrogen-bond acceptors (Lipinski definition) is 4. The van der Waals surface area contributed by atoms with Gasteiger partial charge in [-0.2, -0.15) is 0 Å². The van der Waals surface area contributed by atoms with Crippen molar-refractivity contribution < 1.29 is 14.7 Å². The molecule has 1 aliphatic rings. The molecule has 1 heterocycles. The van der Waals surface area contributed by atoms with Crippen molar-refractivity contribution in [2.45, 2.75) is 33.0 Å². The fraction of sp³-hybridized carbons (Fsp3) is 0.316. The lowest BCUT2D eigenvalue weighted by Gasteiger charge is -2.18. The second-order valence-corrected chi connectivity index (χ2v) is 5.87. The van der Waals surface area contributed by atoms with Crippen LogP contribution in [0.25, 0.3) is 0 Å². The summed E-state index contributed by atoms with van der Waals surface area (Å²) in [5, 5.41) is 12.2. The van der Waals surface area contributed by atoms with E-state index in [9.17, 15) is 0 Å². The first-order valence-corrected chi connectivity index (χ1v) is 7.65. The molecule has 2 aromatic carbocycles.